The van der Waals surface area contributed by atoms with Crippen LogP contribution in [0.1, 0.15) is 361 Å². The molecule has 88 heavy (non-hydrogen) atoms. The summed E-state index contributed by atoms with van der Waals surface area (Å²) in [5, 5.41) is 0. The Balaban J connectivity index is 3.89. The summed E-state index contributed by atoms with van der Waals surface area (Å²) in [5.41, 5.74) is 0. The van der Waals surface area contributed by atoms with Crippen LogP contribution in [-0.4, -0.2) is 70.0 Å². The highest BCUT2D eigenvalue weighted by Crippen LogP contribution is 2.38. The summed E-state index contributed by atoms with van der Waals surface area (Å²) in [6.07, 6.45) is 93.1. The van der Waals surface area contributed by atoms with Crippen molar-refractivity contribution < 1.29 is 42.1 Å². The molecule has 0 amide bonds. The summed E-state index contributed by atoms with van der Waals surface area (Å²) >= 11 is 0. The van der Waals surface area contributed by atoms with E-state index in [0.29, 0.717) is 17.4 Å². The van der Waals surface area contributed by atoms with Crippen molar-refractivity contribution in [3.63, 3.8) is 0 Å². The third-order valence-electron chi connectivity index (χ3n) is 16.7. The molecule has 0 aliphatic carbocycles. The van der Waals surface area contributed by atoms with Crippen molar-refractivity contribution in [2.45, 2.75) is 367 Å². The highest BCUT2D eigenvalue weighted by atomic mass is 31.2. The minimum absolute atomic E-state index is 0.0321. The summed E-state index contributed by atoms with van der Waals surface area (Å²) in [4.78, 5) is 38.1. The number of nitrogens with zero attached hydrogens (tertiary/aromatic N) is 1. The molecule has 0 heterocycles. The smallest absolute Gasteiger partial charge is 0.306 e. The monoisotopic (exact) mass is 1250 g/mol. The summed E-state index contributed by atoms with van der Waals surface area (Å²) in [7, 11) is 1.17. The second-order valence-corrected chi connectivity index (χ2v) is 28.0. The fourth-order valence-electron chi connectivity index (χ4n) is 11.0. The second kappa shape index (κ2) is 68.8. The van der Waals surface area contributed by atoms with Crippen LogP contribution in [0.5, 0.6) is 0 Å². The Kier molecular flexibility index (Phi) is 66.8. The zero-order valence-electron chi connectivity index (χ0n) is 58.7. The van der Waals surface area contributed by atoms with Gasteiger partial charge in [0.25, 0.3) is 7.82 Å². The zero-order valence-corrected chi connectivity index (χ0v) is 59.6. The molecule has 0 spiro atoms. The lowest BCUT2D eigenvalue weighted by atomic mass is 10.0. The summed E-state index contributed by atoms with van der Waals surface area (Å²) < 4.78 is 34.3. The number of quaternary nitrogens is 1. The molecule has 9 nitrogen and oxygen atoms in total. The van der Waals surface area contributed by atoms with Gasteiger partial charge in [0, 0.05) is 12.8 Å². The number of carbonyl (C=O) groups excluding carboxylic acids is 2. The topological polar surface area (TPSA) is 111 Å². The van der Waals surface area contributed by atoms with Crippen LogP contribution in [0.25, 0.3) is 0 Å². The van der Waals surface area contributed by atoms with Gasteiger partial charge in [0.05, 0.1) is 27.7 Å². The molecule has 0 bridgehead atoms. The van der Waals surface area contributed by atoms with Gasteiger partial charge in [0.2, 0.25) is 0 Å². The van der Waals surface area contributed by atoms with Crippen molar-refractivity contribution in [1.82, 2.24) is 0 Å². The highest BCUT2D eigenvalue weighted by Gasteiger charge is 2.22. The quantitative estimate of drug-likeness (QED) is 0.0195. The number of carbonyl (C=O) groups is 2. The standard InChI is InChI=1S/C78H144NO8P/c1-6-8-10-12-14-16-18-20-22-24-26-28-30-31-32-33-34-35-36-37-38-39-40-41-42-43-44-45-46-47-49-50-52-54-56-58-60-62-64-66-68-70-77(80)84-74-76(75-86-88(82,83)85-73-72-79(3,4)5)87-78(81)71-69-67-65-63-61-59-57-55-53-51-48-29-27-25-23-21-19-17-15-13-11-9-7-2/h9,11,15,17-18,20-21,23-24,26-27,29,76H,6-8,10,12-14,16,19,22,25,28,30-75H2,1-5H3/b11-9-,17-15-,20-18-,23-21-,26-24-,29-27-. The van der Waals surface area contributed by atoms with E-state index in [2.05, 4.69) is 86.8 Å². The van der Waals surface area contributed by atoms with E-state index in [1.807, 2.05) is 21.1 Å². The molecular formula is C78H144NO8P. The van der Waals surface area contributed by atoms with Crippen molar-refractivity contribution in [1.29, 1.82) is 0 Å². The van der Waals surface area contributed by atoms with Gasteiger partial charge >= 0.3 is 11.9 Å². The molecule has 0 fully saturated rings. The van der Waals surface area contributed by atoms with E-state index in [-0.39, 0.29) is 32.0 Å². The van der Waals surface area contributed by atoms with Crippen molar-refractivity contribution in [2.24, 2.45) is 0 Å². The number of phosphoric ester groups is 1. The number of likely N-dealkylation sites (N-methyl/N-ethyl adjacent to an activating group) is 1. The second-order valence-electron chi connectivity index (χ2n) is 26.6. The van der Waals surface area contributed by atoms with E-state index in [9.17, 15) is 19.0 Å². The predicted octanol–water partition coefficient (Wildman–Crippen LogP) is 24.1. The molecule has 10 heteroatoms. The fraction of sp³-hybridized carbons (Fsp3) is 0.821. The molecule has 0 aliphatic rings. The van der Waals surface area contributed by atoms with Crippen LogP contribution in [0.2, 0.25) is 0 Å². The average molecular weight is 1250 g/mol. The Morgan fingerprint density at radius 3 is 0.966 bits per heavy atom. The third kappa shape index (κ3) is 72.5. The molecule has 0 rings (SSSR count). The molecule has 0 aromatic rings. The molecule has 0 aliphatic heterocycles. The molecule has 2 unspecified atom stereocenters. The van der Waals surface area contributed by atoms with Gasteiger partial charge in [0.1, 0.15) is 19.8 Å². The Bertz CT molecular complexity index is 1710. The van der Waals surface area contributed by atoms with E-state index in [1.54, 1.807) is 0 Å². The molecule has 0 saturated carbocycles. The van der Waals surface area contributed by atoms with Crippen molar-refractivity contribution in [3.05, 3.63) is 72.9 Å². The Hall–Kier alpha value is -2.55. The lowest BCUT2D eigenvalue weighted by molar-refractivity contribution is -0.870. The van der Waals surface area contributed by atoms with Crippen molar-refractivity contribution in [3.8, 4) is 0 Å². The minimum Gasteiger partial charge on any atom is -0.756 e. The molecule has 0 radical (unpaired) electrons. The molecule has 0 saturated heterocycles. The maximum atomic E-state index is 12.9. The summed E-state index contributed by atoms with van der Waals surface area (Å²) in [6.45, 7) is 4.16. The zero-order chi connectivity index (χ0) is 64.1. The van der Waals surface area contributed by atoms with Crippen LogP contribution in [0.15, 0.2) is 72.9 Å². The van der Waals surface area contributed by atoms with E-state index < -0.39 is 26.5 Å². The van der Waals surface area contributed by atoms with Crippen molar-refractivity contribution in [2.75, 3.05) is 47.5 Å². The molecule has 514 valence electrons. The number of rotatable bonds is 70. The van der Waals surface area contributed by atoms with Crippen LogP contribution < -0.4 is 4.89 Å². The summed E-state index contributed by atoms with van der Waals surface area (Å²) in [6, 6.07) is 0. The lowest BCUT2D eigenvalue weighted by Gasteiger charge is -2.28. The van der Waals surface area contributed by atoms with Gasteiger partial charge in [0.15, 0.2) is 6.10 Å². The first-order chi connectivity index (χ1) is 43.0. The number of phosphoric acid groups is 1. The Labute approximate surface area is 546 Å². The normalized spacial score (nSPS) is 13.5. The number of hydrogen-bond acceptors (Lipinski definition) is 8. The minimum atomic E-state index is -4.64. The first-order valence-corrected chi connectivity index (χ1v) is 39.1. The van der Waals surface area contributed by atoms with E-state index in [4.69, 9.17) is 18.5 Å². The number of ether oxygens (including phenoxy) is 2. The van der Waals surface area contributed by atoms with Gasteiger partial charge in [-0.15, -0.1) is 0 Å². The number of allylic oxidation sites excluding steroid dienone is 12. The highest BCUT2D eigenvalue weighted by molar-refractivity contribution is 7.45. The SMILES string of the molecule is CC/C=C\C/C=C\C/C=C\C/C=C\CCCCCCCCCCCCC(=O)OC(COC(=O)CCCCCCCCCCCCCCCCCCCCCCCCCCCCCCC/C=C\C/C=C\CCCCCCC)COP(=O)([O-])OCC[N+](C)(C)C. The van der Waals surface area contributed by atoms with Crippen molar-refractivity contribution >= 4 is 19.8 Å². The molecule has 0 aromatic heterocycles. The predicted molar refractivity (Wildman–Crippen MR) is 379 cm³/mol. The van der Waals surface area contributed by atoms with Gasteiger partial charge < -0.3 is 27.9 Å². The van der Waals surface area contributed by atoms with Crippen LogP contribution in [0.3, 0.4) is 0 Å². The van der Waals surface area contributed by atoms with Crippen LogP contribution in [0.4, 0.5) is 0 Å². The Morgan fingerprint density at radius 1 is 0.364 bits per heavy atom. The number of unbranched alkanes of at least 4 members (excludes halogenated alkanes) is 44. The van der Waals surface area contributed by atoms with E-state index >= 15 is 0 Å². The maximum Gasteiger partial charge on any atom is 0.306 e. The summed E-state index contributed by atoms with van der Waals surface area (Å²) in [5.74, 6) is -0.824. The third-order valence-corrected chi connectivity index (χ3v) is 17.7. The maximum absolute atomic E-state index is 12.9. The van der Waals surface area contributed by atoms with Gasteiger partial charge in [-0.3, -0.25) is 14.2 Å². The molecule has 2 atom stereocenters. The van der Waals surface area contributed by atoms with E-state index in [1.165, 1.54) is 250 Å². The van der Waals surface area contributed by atoms with Crippen LogP contribution >= 0.6 is 7.82 Å². The first kappa shape index (κ1) is 85.5. The number of hydrogen-bond donors (Lipinski definition) is 0. The largest absolute Gasteiger partial charge is 0.756 e. The van der Waals surface area contributed by atoms with E-state index in [0.717, 1.165) is 77.0 Å². The molecule has 0 N–H and O–H groups in total. The Morgan fingerprint density at radius 2 is 0.648 bits per heavy atom. The van der Waals surface area contributed by atoms with Crippen LogP contribution in [-0.2, 0) is 32.7 Å². The van der Waals surface area contributed by atoms with Gasteiger partial charge in [-0.1, -0.05) is 337 Å². The fourth-order valence-corrected chi connectivity index (χ4v) is 11.7. The molecule has 0 aromatic carbocycles. The number of esters is 2. The first-order valence-electron chi connectivity index (χ1n) is 37.6. The van der Waals surface area contributed by atoms with Crippen LogP contribution in [0, 0.1) is 0 Å². The van der Waals surface area contributed by atoms with Gasteiger partial charge in [-0.05, 0) is 83.5 Å². The van der Waals surface area contributed by atoms with Gasteiger partial charge in [-0.25, -0.2) is 0 Å². The lowest BCUT2D eigenvalue weighted by Crippen LogP contribution is -2.37. The molecular weight excluding hydrogens is 1110 g/mol. The van der Waals surface area contributed by atoms with Gasteiger partial charge in [-0.2, -0.15) is 0 Å². The average Bonchev–Trinajstić information content (AvgIpc) is 3.68.